The van der Waals surface area contributed by atoms with Crippen molar-refractivity contribution in [3.63, 3.8) is 0 Å². The van der Waals surface area contributed by atoms with Gasteiger partial charge in [0, 0.05) is 37.1 Å². The summed E-state index contributed by atoms with van der Waals surface area (Å²) in [6.45, 7) is 0. The topological polar surface area (TPSA) is 73.9 Å². The highest BCUT2D eigenvalue weighted by molar-refractivity contribution is 6.06. The zero-order valence-electron chi connectivity index (χ0n) is 15.1. The van der Waals surface area contributed by atoms with Gasteiger partial charge in [-0.2, -0.15) is 0 Å². The molecule has 0 fully saturated rings. The molecule has 0 atom stereocenters. The van der Waals surface area contributed by atoms with Crippen molar-refractivity contribution < 1.29 is 4.79 Å². The van der Waals surface area contributed by atoms with Gasteiger partial charge in [-0.1, -0.05) is 18.2 Å². The van der Waals surface area contributed by atoms with Gasteiger partial charge in [-0.3, -0.25) is 4.79 Å². The van der Waals surface area contributed by atoms with Crippen molar-refractivity contribution in [3.8, 4) is 11.4 Å². The van der Waals surface area contributed by atoms with Crippen molar-refractivity contribution in [2.45, 2.75) is 0 Å². The summed E-state index contributed by atoms with van der Waals surface area (Å²) >= 11 is 0. The highest BCUT2D eigenvalue weighted by Gasteiger charge is 2.13. The highest BCUT2D eigenvalue weighted by Crippen LogP contribution is 2.27. The number of benzene rings is 2. The minimum absolute atomic E-state index is 0.166. The Morgan fingerprint density at radius 2 is 1.89 bits per heavy atom. The molecule has 0 aliphatic rings. The zero-order valence-corrected chi connectivity index (χ0v) is 15.1. The number of nitrogens with one attached hydrogen (secondary N) is 2. The van der Waals surface area contributed by atoms with Gasteiger partial charge < -0.3 is 15.2 Å². The summed E-state index contributed by atoms with van der Waals surface area (Å²) in [5.74, 6) is 0.502. The first kappa shape index (κ1) is 16.8. The maximum Gasteiger partial charge on any atom is 0.255 e. The molecular formula is C21H19N5O. The summed E-state index contributed by atoms with van der Waals surface area (Å²) in [5.41, 5.74) is 4.57. The molecule has 0 saturated heterocycles. The second kappa shape index (κ2) is 6.92. The number of hydrogen-bond donors (Lipinski definition) is 2. The predicted molar refractivity (Wildman–Crippen MR) is 108 cm³/mol. The molecule has 0 bridgehead atoms. The van der Waals surface area contributed by atoms with Crippen LogP contribution in [0.15, 0.2) is 66.9 Å². The van der Waals surface area contributed by atoms with Crippen molar-refractivity contribution in [2.24, 2.45) is 0 Å². The molecule has 4 rings (SSSR count). The molecule has 4 aromatic rings. The lowest BCUT2D eigenvalue weighted by atomic mass is 10.1. The molecular weight excluding hydrogens is 338 g/mol. The number of aromatic nitrogens is 3. The number of pyridine rings is 1. The molecule has 2 aromatic heterocycles. The van der Waals surface area contributed by atoms with Gasteiger partial charge in [0.2, 0.25) is 0 Å². The summed E-state index contributed by atoms with van der Waals surface area (Å²) in [6, 6.07) is 18.9. The first-order valence-electron chi connectivity index (χ1n) is 8.61. The van der Waals surface area contributed by atoms with Crippen LogP contribution in [0.25, 0.3) is 22.6 Å². The zero-order chi connectivity index (χ0) is 18.8. The van der Waals surface area contributed by atoms with E-state index in [0.717, 1.165) is 16.8 Å². The van der Waals surface area contributed by atoms with Crippen LogP contribution in [0.3, 0.4) is 0 Å². The van der Waals surface area contributed by atoms with Crippen LogP contribution in [0, 0.1) is 0 Å². The van der Waals surface area contributed by atoms with E-state index < -0.39 is 0 Å². The first-order chi connectivity index (χ1) is 13.1. The number of anilines is 2. The molecule has 2 aromatic carbocycles. The molecule has 0 radical (unpaired) electrons. The second-order valence-corrected chi connectivity index (χ2v) is 6.40. The van der Waals surface area contributed by atoms with Crippen LogP contribution in [-0.4, -0.2) is 35.0 Å². The number of hydrogen-bond acceptors (Lipinski definition) is 4. The average molecular weight is 357 g/mol. The first-order valence-corrected chi connectivity index (χ1v) is 8.61. The SMILES string of the molecule is CN(C)c1cccc(C(=O)Nc2ccccc2-c2nc3ncccc3[nH]2)c1. The van der Waals surface area contributed by atoms with E-state index in [9.17, 15) is 4.79 Å². The van der Waals surface area contributed by atoms with Crippen LogP contribution in [0.1, 0.15) is 10.4 Å². The Hall–Kier alpha value is -3.67. The molecule has 2 N–H and O–H groups in total. The standard InChI is InChI=1S/C21H19N5O/c1-26(2)15-8-5-7-14(13-15)21(27)24-17-10-4-3-9-16(17)19-23-18-11-6-12-22-20(18)25-19/h3-13H,1-2H3,(H,24,27)(H,22,23,25). The summed E-state index contributed by atoms with van der Waals surface area (Å²) in [7, 11) is 3.89. The summed E-state index contributed by atoms with van der Waals surface area (Å²) in [4.78, 5) is 26.8. The molecule has 6 heteroatoms. The molecule has 6 nitrogen and oxygen atoms in total. The lowest BCUT2D eigenvalue weighted by molar-refractivity contribution is 0.102. The van der Waals surface area contributed by atoms with E-state index in [-0.39, 0.29) is 5.91 Å². The van der Waals surface area contributed by atoms with E-state index in [2.05, 4.69) is 20.3 Å². The van der Waals surface area contributed by atoms with Crippen LogP contribution in [0.4, 0.5) is 11.4 Å². The van der Waals surface area contributed by atoms with Crippen molar-refractivity contribution in [1.82, 2.24) is 15.0 Å². The van der Waals surface area contributed by atoms with Crippen molar-refractivity contribution >= 4 is 28.4 Å². The third-order valence-corrected chi connectivity index (χ3v) is 4.31. The van der Waals surface area contributed by atoms with Gasteiger partial charge in [-0.25, -0.2) is 9.97 Å². The normalized spacial score (nSPS) is 10.7. The number of amides is 1. The number of nitrogens with zero attached hydrogens (tertiary/aromatic N) is 3. The third-order valence-electron chi connectivity index (χ3n) is 4.31. The fraction of sp³-hybridized carbons (Fsp3) is 0.0952. The van der Waals surface area contributed by atoms with Crippen molar-refractivity contribution in [3.05, 3.63) is 72.4 Å². The number of imidazole rings is 1. The fourth-order valence-corrected chi connectivity index (χ4v) is 2.89. The quantitative estimate of drug-likeness (QED) is 0.580. The maximum absolute atomic E-state index is 12.8. The number of fused-ring (bicyclic) bond motifs is 1. The van der Waals surface area contributed by atoms with Gasteiger partial charge in [0.05, 0.1) is 11.2 Å². The number of aromatic amines is 1. The van der Waals surface area contributed by atoms with E-state index >= 15 is 0 Å². The predicted octanol–water partition coefficient (Wildman–Crippen LogP) is 3.94. The van der Waals surface area contributed by atoms with Crippen LogP contribution < -0.4 is 10.2 Å². The Labute approximate surface area is 156 Å². The molecule has 134 valence electrons. The van der Waals surface area contributed by atoms with Gasteiger partial charge in [-0.15, -0.1) is 0 Å². The Kier molecular flexibility index (Phi) is 4.30. The molecule has 0 aliphatic heterocycles. The number of H-pyrrole nitrogens is 1. The number of para-hydroxylation sites is 1. The maximum atomic E-state index is 12.8. The van der Waals surface area contributed by atoms with Gasteiger partial charge in [-0.05, 0) is 42.5 Å². The fourth-order valence-electron chi connectivity index (χ4n) is 2.89. The minimum Gasteiger partial charge on any atom is -0.378 e. The Bertz CT molecular complexity index is 1080. The Morgan fingerprint density at radius 3 is 2.70 bits per heavy atom. The van der Waals surface area contributed by atoms with Crippen molar-refractivity contribution in [1.29, 1.82) is 0 Å². The minimum atomic E-state index is -0.166. The van der Waals surface area contributed by atoms with Gasteiger partial charge in [0.15, 0.2) is 5.65 Å². The highest BCUT2D eigenvalue weighted by atomic mass is 16.1. The Balaban J connectivity index is 1.67. The summed E-state index contributed by atoms with van der Waals surface area (Å²) in [6.07, 6.45) is 1.71. The smallest absolute Gasteiger partial charge is 0.255 e. The van der Waals surface area contributed by atoms with E-state index in [4.69, 9.17) is 0 Å². The Morgan fingerprint density at radius 1 is 1.04 bits per heavy atom. The molecule has 0 spiro atoms. The monoisotopic (exact) mass is 357 g/mol. The molecule has 2 heterocycles. The largest absolute Gasteiger partial charge is 0.378 e. The van der Waals surface area contributed by atoms with Crippen molar-refractivity contribution in [2.75, 3.05) is 24.3 Å². The third kappa shape index (κ3) is 3.37. The molecule has 0 aliphatic carbocycles. The molecule has 1 amide bonds. The van der Waals surface area contributed by atoms with Gasteiger partial charge in [0.25, 0.3) is 5.91 Å². The molecule has 0 saturated carbocycles. The van der Waals surface area contributed by atoms with E-state index in [0.29, 0.717) is 22.7 Å². The molecule has 27 heavy (non-hydrogen) atoms. The van der Waals surface area contributed by atoms with E-state index in [1.807, 2.05) is 73.6 Å². The molecule has 0 unspecified atom stereocenters. The number of rotatable bonds is 4. The average Bonchev–Trinajstić information content (AvgIpc) is 3.12. The number of carbonyl (C=O) groups is 1. The lowest BCUT2D eigenvalue weighted by Crippen LogP contribution is -2.14. The van der Waals surface area contributed by atoms with Crippen LogP contribution in [0.2, 0.25) is 0 Å². The lowest BCUT2D eigenvalue weighted by Gasteiger charge is -2.14. The second-order valence-electron chi connectivity index (χ2n) is 6.40. The van der Waals surface area contributed by atoms with Crippen LogP contribution in [-0.2, 0) is 0 Å². The van der Waals surface area contributed by atoms with Crippen LogP contribution >= 0.6 is 0 Å². The van der Waals surface area contributed by atoms with Gasteiger partial charge >= 0.3 is 0 Å². The summed E-state index contributed by atoms with van der Waals surface area (Å²) < 4.78 is 0. The van der Waals surface area contributed by atoms with E-state index in [1.165, 1.54) is 0 Å². The van der Waals surface area contributed by atoms with Crippen LogP contribution in [0.5, 0.6) is 0 Å². The van der Waals surface area contributed by atoms with E-state index in [1.54, 1.807) is 12.3 Å². The van der Waals surface area contributed by atoms with Gasteiger partial charge in [0.1, 0.15) is 5.82 Å². The summed E-state index contributed by atoms with van der Waals surface area (Å²) in [5, 5.41) is 3.00. The number of carbonyl (C=O) groups excluding carboxylic acids is 1.